The third-order valence-corrected chi connectivity index (χ3v) is 2.93. The molecule has 4 heteroatoms. The first-order valence-corrected chi connectivity index (χ1v) is 5.19. The van der Waals surface area contributed by atoms with Crippen molar-refractivity contribution in [2.24, 2.45) is 5.73 Å². The predicted octanol–water partition coefficient (Wildman–Crippen LogP) is 1.97. The molecule has 0 saturated carbocycles. The number of hydrogen-bond donors (Lipinski definition) is 1. The molecule has 0 saturated heterocycles. The molecular weight excluding hydrogens is 194 g/mol. The van der Waals surface area contributed by atoms with Gasteiger partial charge >= 0.3 is 0 Å². The maximum Gasteiger partial charge on any atom is 0.142 e. The summed E-state index contributed by atoms with van der Waals surface area (Å²) >= 11 is 1.60. The zero-order valence-electron chi connectivity index (χ0n) is 7.90. The summed E-state index contributed by atoms with van der Waals surface area (Å²) in [6.45, 7) is 2.59. The fraction of sp³-hybridized carbons (Fsp3) is 0.200. The molecular formula is C10H11N3S. The standard InChI is InChI=1S/C10H11N3S/c1-7-2-3-12-9(4-7)10-13-6-8(5-11)14-10/h2-4,6H,5,11H2,1H3. The predicted molar refractivity (Wildman–Crippen MR) is 58.0 cm³/mol. The van der Waals surface area contributed by atoms with E-state index >= 15 is 0 Å². The molecule has 0 amide bonds. The van der Waals surface area contributed by atoms with Crippen molar-refractivity contribution in [1.29, 1.82) is 0 Å². The van der Waals surface area contributed by atoms with Gasteiger partial charge in [0.1, 0.15) is 5.01 Å². The summed E-state index contributed by atoms with van der Waals surface area (Å²) in [5, 5.41) is 0.939. The lowest BCUT2D eigenvalue weighted by Gasteiger charge is -1.95. The smallest absolute Gasteiger partial charge is 0.142 e. The van der Waals surface area contributed by atoms with Crippen LogP contribution in [0.5, 0.6) is 0 Å². The van der Waals surface area contributed by atoms with Crippen molar-refractivity contribution >= 4 is 11.3 Å². The van der Waals surface area contributed by atoms with Crippen molar-refractivity contribution in [1.82, 2.24) is 9.97 Å². The van der Waals surface area contributed by atoms with Gasteiger partial charge in [-0.1, -0.05) is 0 Å². The van der Waals surface area contributed by atoms with Gasteiger partial charge in [0.05, 0.1) is 5.69 Å². The van der Waals surface area contributed by atoms with Gasteiger partial charge in [-0.05, 0) is 24.6 Å². The molecule has 0 aliphatic rings. The van der Waals surface area contributed by atoms with E-state index in [2.05, 4.69) is 9.97 Å². The van der Waals surface area contributed by atoms with Crippen LogP contribution in [-0.2, 0) is 6.54 Å². The minimum Gasteiger partial charge on any atom is -0.326 e. The van der Waals surface area contributed by atoms with E-state index in [-0.39, 0.29) is 0 Å². The summed E-state index contributed by atoms with van der Waals surface area (Å²) in [4.78, 5) is 9.63. The summed E-state index contributed by atoms with van der Waals surface area (Å²) in [7, 11) is 0. The van der Waals surface area contributed by atoms with Gasteiger partial charge in [-0.15, -0.1) is 11.3 Å². The highest BCUT2D eigenvalue weighted by Crippen LogP contribution is 2.23. The first-order chi connectivity index (χ1) is 6.79. The lowest BCUT2D eigenvalue weighted by atomic mass is 10.2. The van der Waals surface area contributed by atoms with Crippen LogP contribution >= 0.6 is 11.3 Å². The second kappa shape index (κ2) is 3.86. The zero-order valence-corrected chi connectivity index (χ0v) is 8.71. The van der Waals surface area contributed by atoms with Gasteiger partial charge in [0, 0.05) is 23.8 Å². The maximum absolute atomic E-state index is 5.52. The first-order valence-electron chi connectivity index (χ1n) is 4.37. The van der Waals surface area contributed by atoms with Crippen LogP contribution in [-0.4, -0.2) is 9.97 Å². The van der Waals surface area contributed by atoms with Gasteiger partial charge in [0.15, 0.2) is 0 Å². The molecule has 14 heavy (non-hydrogen) atoms. The van der Waals surface area contributed by atoms with Crippen molar-refractivity contribution in [3.8, 4) is 10.7 Å². The van der Waals surface area contributed by atoms with Gasteiger partial charge in [0.25, 0.3) is 0 Å². The van der Waals surface area contributed by atoms with Crippen LogP contribution in [0.15, 0.2) is 24.5 Å². The first kappa shape index (κ1) is 9.30. The number of pyridine rings is 1. The van der Waals surface area contributed by atoms with Crippen molar-refractivity contribution in [2.75, 3.05) is 0 Å². The lowest BCUT2D eigenvalue weighted by Crippen LogP contribution is -1.91. The number of aryl methyl sites for hydroxylation is 1. The molecule has 2 aromatic heterocycles. The molecule has 2 rings (SSSR count). The molecule has 2 heterocycles. The minimum atomic E-state index is 0.545. The summed E-state index contributed by atoms with van der Waals surface area (Å²) in [5.74, 6) is 0. The molecule has 0 atom stereocenters. The van der Waals surface area contributed by atoms with E-state index in [4.69, 9.17) is 5.73 Å². The van der Waals surface area contributed by atoms with Gasteiger partial charge in [-0.2, -0.15) is 0 Å². The van der Waals surface area contributed by atoms with Crippen LogP contribution in [0.25, 0.3) is 10.7 Å². The highest BCUT2D eigenvalue weighted by atomic mass is 32.1. The number of nitrogens with zero attached hydrogens (tertiary/aromatic N) is 2. The Morgan fingerprint density at radius 1 is 1.43 bits per heavy atom. The van der Waals surface area contributed by atoms with Crippen LogP contribution in [0.4, 0.5) is 0 Å². The molecule has 0 aliphatic heterocycles. The van der Waals surface area contributed by atoms with Crippen LogP contribution < -0.4 is 5.73 Å². The molecule has 72 valence electrons. The SMILES string of the molecule is Cc1ccnc(-c2ncc(CN)s2)c1. The molecule has 0 aliphatic carbocycles. The number of aromatic nitrogens is 2. The molecule has 3 nitrogen and oxygen atoms in total. The molecule has 2 aromatic rings. The third kappa shape index (κ3) is 1.81. The van der Waals surface area contributed by atoms with Gasteiger partial charge < -0.3 is 5.73 Å². The fourth-order valence-electron chi connectivity index (χ4n) is 1.17. The molecule has 0 spiro atoms. The normalized spacial score (nSPS) is 10.4. The summed E-state index contributed by atoms with van der Waals surface area (Å²) in [5.41, 5.74) is 7.64. The van der Waals surface area contributed by atoms with E-state index in [0.717, 1.165) is 15.6 Å². The summed E-state index contributed by atoms with van der Waals surface area (Å²) in [6, 6.07) is 4.00. The van der Waals surface area contributed by atoms with Crippen LogP contribution in [0.1, 0.15) is 10.4 Å². The molecule has 2 N–H and O–H groups in total. The van der Waals surface area contributed by atoms with Crippen LogP contribution in [0.3, 0.4) is 0 Å². The Bertz CT molecular complexity index is 436. The topological polar surface area (TPSA) is 51.8 Å². The highest BCUT2D eigenvalue weighted by Gasteiger charge is 2.04. The lowest BCUT2D eigenvalue weighted by molar-refractivity contribution is 1.10. The van der Waals surface area contributed by atoms with Crippen LogP contribution in [0, 0.1) is 6.92 Å². The summed E-state index contributed by atoms with van der Waals surface area (Å²) < 4.78 is 0. The Morgan fingerprint density at radius 3 is 2.93 bits per heavy atom. The Labute approximate surface area is 86.6 Å². The maximum atomic E-state index is 5.52. The minimum absolute atomic E-state index is 0.545. The molecule has 0 bridgehead atoms. The van der Waals surface area contributed by atoms with E-state index in [9.17, 15) is 0 Å². The summed E-state index contributed by atoms with van der Waals surface area (Å²) in [6.07, 6.45) is 3.61. The Balaban J connectivity index is 2.39. The number of nitrogens with two attached hydrogens (primary N) is 1. The zero-order chi connectivity index (χ0) is 9.97. The molecule has 0 radical (unpaired) electrons. The highest BCUT2D eigenvalue weighted by molar-refractivity contribution is 7.14. The largest absolute Gasteiger partial charge is 0.326 e. The van der Waals surface area contributed by atoms with Crippen molar-refractivity contribution in [2.45, 2.75) is 13.5 Å². The number of thiazole rings is 1. The fourth-order valence-corrected chi connectivity index (χ4v) is 1.93. The molecule has 0 aromatic carbocycles. The Hall–Kier alpha value is -1.26. The van der Waals surface area contributed by atoms with E-state index in [1.165, 1.54) is 5.56 Å². The monoisotopic (exact) mass is 205 g/mol. The van der Waals surface area contributed by atoms with E-state index in [0.29, 0.717) is 6.54 Å². The second-order valence-electron chi connectivity index (χ2n) is 3.05. The third-order valence-electron chi connectivity index (χ3n) is 1.89. The van der Waals surface area contributed by atoms with Gasteiger partial charge in [-0.3, -0.25) is 4.98 Å². The quantitative estimate of drug-likeness (QED) is 0.815. The van der Waals surface area contributed by atoms with Crippen molar-refractivity contribution in [3.63, 3.8) is 0 Å². The average Bonchev–Trinajstić information content (AvgIpc) is 2.66. The van der Waals surface area contributed by atoms with Gasteiger partial charge in [-0.25, -0.2) is 4.98 Å². The Morgan fingerprint density at radius 2 is 2.29 bits per heavy atom. The molecule has 0 unspecified atom stereocenters. The van der Waals surface area contributed by atoms with E-state index in [1.54, 1.807) is 17.5 Å². The van der Waals surface area contributed by atoms with Crippen molar-refractivity contribution in [3.05, 3.63) is 35.0 Å². The van der Waals surface area contributed by atoms with Crippen molar-refractivity contribution < 1.29 is 0 Å². The van der Waals surface area contributed by atoms with E-state index < -0.39 is 0 Å². The Kier molecular flexibility index (Phi) is 2.56. The van der Waals surface area contributed by atoms with Gasteiger partial charge in [0.2, 0.25) is 0 Å². The van der Waals surface area contributed by atoms with E-state index in [1.807, 2.05) is 25.3 Å². The molecule has 0 fully saturated rings. The second-order valence-corrected chi connectivity index (χ2v) is 4.17. The number of rotatable bonds is 2. The van der Waals surface area contributed by atoms with Crippen LogP contribution in [0.2, 0.25) is 0 Å². The number of hydrogen-bond acceptors (Lipinski definition) is 4. The average molecular weight is 205 g/mol.